The number of unbranched alkanes of at least 4 members (excludes halogenated alkanes) is 4. The van der Waals surface area contributed by atoms with E-state index in [1.165, 1.54) is 25.7 Å². The smallest absolute Gasteiger partial charge is 0.138 e. The number of rotatable bonds is 8. The Morgan fingerprint density at radius 3 is 2.48 bits per heavy atom. The molecule has 23 heavy (non-hydrogen) atoms. The first-order valence-corrected chi connectivity index (χ1v) is 8.55. The van der Waals surface area contributed by atoms with Gasteiger partial charge in [0.05, 0.1) is 17.6 Å². The molecule has 0 saturated carbocycles. The molecular weight excluding hydrogens is 284 g/mol. The molecule has 0 fully saturated rings. The minimum Gasteiger partial charge on any atom is -0.494 e. The largest absolute Gasteiger partial charge is 0.494 e. The van der Waals surface area contributed by atoms with Crippen LogP contribution in [0, 0.1) is 0 Å². The molecule has 1 aromatic heterocycles. The molecule has 0 aliphatic carbocycles. The fourth-order valence-corrected chi connectivity index (χ4v) is 2.69. The van der Waals surface area contributed by atoms with Gasteiger partial charge >= 0.3 is 0 Å². The average Bonchev–Trinajstić information content (AvgIpc) is 3.02. The monoisotopic (exact) mass is 308 g/mol. The Hall–Kier alpha value is -2.29. The second-order valence-electron chi connectivity index (χ2n) is 5.89. The second kappa shape index (κ2) is 7.82. The van der Waals surface area contributed by atoms with Crippen LogP contribution in [0.25, 0.3) is 22.4 Å². The molecule has 3 aromatic rings. The van der Waals surface area contributed by atoms with Crippen LogP contribution in [0.1, 0.15) is 39.0 Å². The zero-order valence-corrected chi connectivity index (χ0v) is 13.7. The summed E-state index contributed by atoms with van der Waals surface area (Å²) >= 11 is 0. The van der Waals surface area contributed by atoms with Crippen LogP contribution < -0.4 is 4.74 Å². The van der Waals surface area contributed by atoms with Crippen molar-refractivity contribution in [2.45, 2.75) is 39.0 Å². The summed E-state index contributed by atoms with van der Waals surface area (Å²) in [5, 5.41) is 0. The Balaban J connectivity index is 1.56. The molecule has 0 unspecified atom stereocenters. The van der Waals surface area contributed by atoms with Crippen LogP contribution in [0.4, 0.5) is 0 Å². The Morgan fingerprint density at radius 1 is 0.913 bits per heavy atom. The van der Waals surface area contributed by atoms with E-state index in [2.05, 4.69) is 29.0 Å². The van der Waals surface area contributed by atoms with Gasteiger partial charge in [0.2, 0.25) is 0 Å². The van der Waals surface area contributed by atoms with E-state index in [4.69, 9.17) is 4.74 Å². The van der Waals surface area contributed by atoms with Crippen molar-refractivity contribution < 1.29 is 4.74 Å². The van der Waals surface area contributed by atoms with Gasteiger partial charge in [-0.25, -0.2) is 4.98 Å². The van der Waals surface area contributed by atoms with Gasteiger partial charge < -0.3 is 9.72 Å². The first-order valence-electron chi connectivity index (χ1n) is 8.55. The Labute approximate surface area is 137 Å². The van der Waals surface area contributed by atoms with E-state index >= 15 is 0 Å². The maximum absolute atomic E-state index is 5.81. The molecular formula is C20H24N2O. The molecule has 0 radical (unpaired) electrons. The fraction of sp³-hybridized carbons (Fsp3) is 0.350. The lowest BCUT2D eigenvalue weighted by atomic mass is 10.2. The van der Waals surface area contributed by atoms with E-state index in [0.717, 1.165) is 41.2 Å². The molecule has 0 saturated heterocycles. The van der Waals surface area contributed by atoms with E-state index in [0.29, 0.717) is 0 Å². The normalized spacial score (nSPS) is 11.0. The Bertz CT molecular complexity index is 698. The third-order valence-electron chi connectivity index (χ3n) is 4.03. The van der Waals surface area contributed by atoms with Gasteiger partial charge in [0.25, 0.3) is 0 Å². The van der Waals surface area contributed by atoms with Crippen molar-refractivity contribution in [3.63, 3.8) is 0 Å². The van der Waals surface area contributed by atoms with Gasteiger partial charge in [-0.05, 0) is 42.8 Å². The highest BCUT2D eigenvalue weighted by Gasteiger charge is 2.04. The molecule has 0 spiro atoms. The van der Waals surface area contributed by atoms with E-state index in [1.54, 1.807) is 0 Å². The molecule has 3 nitrogen and oxygen atoms in total. The summed E-state index contributed by atoms with van der Waals surface area (Å²) in [5.41, 5.74) is 3.14. The SMILES string of the molecule is CCCCCCCOc1ccc(-c2nc3ccccc3[nH]2)cc1. The number of ether oxygens (including phenoxy) is 1. The van der Waals surface area contributed by atoms with E-state index in [1.807, 2.05) is 36.4 Å². The average molecular weight is 308 g/mol. The minimum absolute atomic E-state index is 0.799. The number of benzene rings is 2. The van der Waals surface area contributed by atoms with Crippen molar-refractivity contribution in [1.82, 2.24) is 9.97 Å². The van der Waals surface area contributed by atoms with Gasteiger partial charge in [-0.2, -0.15) is 0 Å². The summed E-state index contributed by atoms with van der Waals surface area (Å²) in [6, 6.07) is 16.2. The highest BCUT2D eigenvalue weighted by molar-refractivity contribution is 5.79. The van der Waals surface area contributed by atoms with Gasteiger partial charge in [-0.1, -0.05) is 44.7 Å². The number of nitrogens with one attached hydrogen (secondary N) is 1. The van der Waals surface area contributed by atoms with Gasteiger partial charge in [0, 0.05) is 5.56 Å². The van der Waals surface area contributed by atoms with Crippen molar-refractivity contribution in [3.05, 3.63) is 48.5 Å². The predicted molar refractivity (Wildman–Crippen MR) is 95.8 cm³/mol. The molecule has 3 rings (SSSR count). The Kier molecular flexibility index (Phi) is 5.30. The number of nitrogens with zero attached hydrogens (tertiary/aromatic N) is 1. The molecule has 2 aromatic carbocycles. The molecule has 1 heterocycles. The van der Waals surface area contributed by atoms with Crippen LogP contribution in [0.3, 0.4) is 0 Å². The number of aromatic nitrogens is 2. The van der Waals surface area contributed by atoms with Crippen LogP contribution in [0.5, 0.6) is 5.75 Å². The van der Waals surface area contributed by atoms with Gasteiger partial charge in [-0.3, -0.25) is 0 Å². The number of hydrogen-bond donors (Lipinski definition) is 1. The zero-order valence-electron chi connectivity index (χ0n) is 13.7. The summed E-state index contributed by atoms with van der Waals surface area (Å²) in [5.74, 6) is 1.83. The molecule has 0 atom stereocenters. The van der Waals surface area contributed by atoms with Crippen LogP contribution in [0.2, 0.25) is 0 Å². The molecule has 0 bridgehead atoms. The standard InChI is InChI=1S/C20H24N2O/c1-2-3-4-5-8-15-23-17-13-11-16(12-14-17)20-21-18-9-6-7-10-19(18)22-20/h6-7,9-14H,2-5,8,15H2,1H3,(H,21,22). The number of aromatic amines is 1. The van der Waals surface area contributed by atoms with Crippen LogP contribution in [0.15, 0.2) is 48.5 Å². The van der Waals surface area contributed by atoms with E-state index in [9.17, 15) is 0 Å². The van der Waals surface area contributed by atoms with Crippen molar-refractivity contribution in [2.24, 2.45) is 0 Å². The minimum atomic E-state index is 0.799. The molecule has 0 amide bonds. The Morgan fingerprint density at radius 2 is 1.70 bits per heavy atom. The topological polar surface area (TPSA) is 37.9 Å². The van der Waals surface area contributed by atoms with E-state index in [-0.39, 0.29) is 0 Å². The molecule has 0 aliphatic heterocycles. The molecule has 1 N–H and O–H groups in total. The zero-order chi connectivity index (χ0) is 15.9. The third-order valence-corrected chi connectivity index (χ3v) is 4.03. The predicted octanol–water partition coefficient (Wildman–Crippen LogP) is 5.58. The molecule has 120 valence electrons. The quantitative estimate of drug-likeness (QED) is 0.552. The van der Waals surface area contributed by atoms with Gasteiger partial charge in [0.15, 0.2) is 0 Å². The van der Waals surface area contributed by atoms with E-state index < -0.39 is 0 Å². The second-order valence-corrected chi connectivity index (χ2v) is 5.89. The maximum Gasteiger partial charge on any atom is 0.138 e. The van der Waals surface area contributed by atoms with Crippen LogP contribution in [-0.2, 0) is 0 Å². The first-order chi connectivity index (χ1) is 11.4. The highest BCUT2D eigenvalue weighted by atomic mass is 16.5. The number of imidazole rings is 1. The van der Waals surface area contributed by atoms with Crippen molar-refractivity contribution in [3.8, 4) is 17.1 Å². The number of hydrogen-bond acceptors (Lipinski definition) is 2. The lowest BCUT2D eigenvalue weighted by Gasteiger charge is -2.06. The van der Waals surface area contributed by atoms with Gasteiger partial charge in [-0.15, -0.1) is 0 Å². The highest BCUT2D eigenvalue weighted by Crippen LogP contribution is 2.22. The fourth-order valence-electron chi connectivity index (χ4n) is 2.69. The maximum atomic E-state index is 5.81. The lowest BCUT2D eigenvalue weighted by Crippen LogP contribution is -1.97. The first kappa shape index (κ1) is 15.6. The summed E-state index contributed by atoms with van der Waals surface area (Å²) < 4.78 is 5.81. The summed E-state index contributed by atoms with van der Waals surface area (Å²) in [6.07, 6.45) is 6.30. The lowest BCUT2D eigenvalue weighted by molar-refractivity contribution is 0.304. The third kappa shape index (κ3) is 4.13. The van der Waals surface area contributed by atoms with Crippen LogP contribution in [-0.4, -0.2) is 16.6 Å². The van der Waals surface area contributed by atoms with Crippen molar-refractivity contribution in [2.75, 3.05) is 6.61 Å². The van der Waals surface area contributed by atoms with Crippen LogP contribution >= 0.6 is 0 Å². The number of para-hydroxylation sites is 2. The molecule has 3 heteroatoms. The number of fused-ring (bicyclic) bond motifs is 1. The summed E-state index contributed by atoms with van der Waals surface area (Å²) in [4.78, 5) is 7.97. The molecule has 0 aliphatic rings. The van der Waals surface area contributed by atoms with Crippen molar-refractivity contribution in [1.29, 1.82) is 0 Å². The summed E-state index contributed by atoms with van der Waals surface area (Å²) in [6.45, 7) is 3.04. The number of H-pyrrole nitrogens is 1. The van der Waals surface area contributed by atoms with Gasteiger partial charge in [0.1, 0.15) is 11.6 Å². The summed E-state index contributed by atoms with van der Waals surface area (Å²) in [7, 11) is 0. The van der Waals surface area contributed by atoms with Crippen molar-refractivity contribution >= 4 is 11.0 Å².